The lowest BCUT2D eigenvalue weighted by Gasteiger charge is -2.40. The number of anilines is 1. The Labute approximate surface area is 138 Å². The van der Waals surface area contributed by atoms with Gasteiger partial charge in [0.05, 0.1) is 5.92 Å². The van der Waals surface area contributed by atoms with Gasteiger partial charge < -0.3 is 10.2 Å². The van der Waals surface area contributed by atoms with Crippen LogP contribution in [0.15, 0.2) is 30.3 Å². The fourth-order valence-corrected chi connectivity index (χ4v) is 3.99. The lowest BCUT2D eigenvalue weighted by Crippen LogP contribution is -2.45. The normalized spacial score (nSPS) is 31.2. The molecule has 0 bridgehead atoms. The largest absolute Gasteiger partial charge is 0.339 e. The summed E-state index contributed by atoms with van der Waals surface area (Å²) in [6.45, 7) is 5.09. The summed E-state index contributed by atoms with van der Waals surface area (Å²) in [5.41, 5.74) is 0.794. The molecule has 1 saturated heterocycles. The van der Waals surface area contributed by atoms with Crippen LogP contribution in [0.4, 0.5) is 5.69 Å². The van der Waals surface area contributed by atoms with Crippen molar-refractivity contribution in [3.05, 3.63) is 30.3 Å². The fourth-order valence-electron chi connectivity index (χ4n) is 3.99. The third kappa shape index (κ3) is 3.41. The van der Waals surface area contributed by atoms with Crippen LogP contribution in [0, 0.1) is 17.8 Å². The minimum Gasteiger partial charge on any atom is -0.339 e. The molecule has 1 aromatic rings. The minimum atomic E-state index is -0.230. The zero-order chi connectivity index (χ0) is 16.4. The van der Waals surface area contributed by atoms with Crippen LogP contribution in [0.1, 0.15) is 39.5 Å². The summed E-state index contributed by atoms with van der Waals surface area (Å²) in [5, 5.41) is 2.93. The van der Waals surface area contributed by atoms with E-state index in [1.807, 2.05) is 35.2 Å². The van der Waals surface area contributed by atoms with Gasteiger partial charge in [-0.15, -0.1) is 0 Å². The fraction of sp³-hybridized carbons (Fsp3) is 0.579. The molecule has 4 heteroatoms. The van der Waals surface area contributed by atoms with Crippen molar-refractivity contribution in [2.24, 2.45) is 17.8 Å². The van der Waals surface area contributed by atoms with Gasteiger partial charge in [-0.3, -0.25) is 9.59 Å². The number of hydrogen-bond donors (Lipinski definition) is 1. The second-order valence-electron chi connectivity index (χ2n) is 7.14. The maximum atomic E-state index is 12.4. The first-order valence-electron chi connectivity index (χ1n) is 8.71. The van der Waals surface area contributed by atoms with Crippen molar-refractivity contribution in [2.45, 2.75) is 45.6 Å². The van der Waals surface area contributed by atoms with E-state index in [2.05, 4.69) is 19.2 Å². The van der Waals surface area contributed by atoms with Gasteiger partial charge in [-0.1, -0.05) is 44.9 Å². The van der Waals surface area contributed by atoms with Gasteiger partial charge in [0.15, 0.2) is 0 Å². The monoisotopic (exact) mass is 314 g/mol. The van der Waals surface area contributed by atoms with Crippen LogP contribution >= 0.6 is 0 Å². The first-order valence-corrected chi connectivity index (χ1v) is 8.71. The molecule has 2 amide bonds. The van der Waals surface area contributed by atoms with Crippen LogP contribution in [0.3, 0.4) is 0 Å². The molecule has 3 rings (SSSR count). The highest BCUT2D eigenvalue weighted by molar-refractivity contribution is 5.97. The molecule has 1 saturated carbocycles. The van der Waals surface area contributed by atoms with E-state index in [0.29, 0.717) is 30.8 Å². The first-order chi connectivity index (χ1) is 11.1. The summed E-state index contributed by atoms with van der Waals surface area (Å²) in [4.78, 5) is 26.9. The van der Waals surface area contributed by atoms with Gasteiger partial charge in [0.1, 0.15) is 0 Å². The number of carbonyl (C=O) groups is 2. The first kappa shape index (κ1) is 16.0. The molecule has 0 spiro atoms. The van der Waals surface area contributed by atoms with Gasteiger partial charge in [0, 0.05) is 24.7 Å². The predicted molar refractivity (Wildman–Crippen MR) is 90.9 cm³/mol. The van der Waals surface area contributed by atoms with Crippen molar-refractivity contribution in [3.63, 3.8) is 0 Å². The second-order valence-corrected chi connectivity index (χ2v) is 7.14. The molecule has 2 aliphatic rings. The minimum absolute atomic E-state index is 0.0384. The van der Waals surface area contributed by atoms with Crippen molar-refractivity contribution in [1.82, 2.24) is 4.90 Å². The highest BCUT2D eigenvalue weighted by atomic mass is 16.2. The highest BCUT2D eigenvalue weighted by Gasteiger charge is 2.41. The highest BCUT2D eigenvalue weighted by Crippen LogP contribution is 2.35. The average Bonchev–Trinajstić information content (AvgIpc) is 2.93. The molecular formula is C19H26N2O2. The summed E-state index contributed by atoms with van der Waals surface area (Å²) < 4.78 is 0. The summed E-state index contributed by atoms with van der Waals surface area (Å²) >= 11 is 0. The zero-order valence-corrected chi connectivity index (χ0v) is 14.0. The third-order valence-corrected chi connectivity index (χ3v) is 5.63. The van der Waals surface area contributed by atoms with E-state index in [-0.39, 0.29) is 17.7 Å². The number of carbonyl (C=O) groups excluding carboxylic acids is 2. The van der Waals surface area contributed by atoms with E-state index in [1.54, 1.807) is 0 Å². The number of nitrogens with zero attached hydrogens (tertiary/aromatic N) is 1. The van der Waals surface area contributed by atoms with Gasteiger partial charge in [-0.25, -0.2) is 0 Å². The molecule has 124 valence electrons. The number of nitrogens with one attached hydrogen (secondary N) is 1. The summed E-state index contributed by atoms with van der Waals surface area (Å²) in [6, 6.07) is 9.76. The van der Waals surface area contributed by atoms with Crippen molar-refractivity contribution in [1.29, 1.82) is 0 Å². The topological polar surface area (TPSA) is 49.4 Å². The van der Waals surface area contributed by atoms with Crippen molar-refractivity contribution < 1.29 is 9.59 Å². The Bertz CT molecular complexity index is 572. The van der Waals surface area contributed by atoms with Gasteiger partial charge >= 0.3 is 0 Å². The van der Waals surface area contributed by atoms with E-state index in [4.69, 9.17) is 0 Å². The summed E-state index contributed by atoms with van der Waals surface area (Å²) in [6.07, 6.45) is 3.85. The molecule has 1 aromatic carbocycles. The maximum absolute atomic E-state index is 12.4. The van der Waals surface area contributed by atoms with Gasteiger partial charge in [0.25, 0.3) is 0 Å². The molecule has 1 aliphatic carbocycles. The lowest BCUT2D eigenvalue weighted by atomic mass is 9.77. The Balaban J connectivity index is 1.64. The molecule has 0 radical (unpaired) electrons. The van der Waals surface area contributed by atoms with Crippen molar-refractivity contribution in [2.75, 3.05) is 11.9 Å². The van der Waals surface area contributed by atoms with E-state index < -0.39 is 0 Å². The third-order valence-electron chi connectivity index (χ3n) is 5.63. The number of rotatable bonds is 3. The van der Waals surface area contributed by atoms with Gasteiger partial charge in [-0.05, 0) is 30.4 Å². The van der Waals surface area contributed by atoms with Crippen LogP contribution in [0.5, 0.6) is 0 Å². The molecule has 0 aromatic heterocycles. The van der Waals surface area contributed by atoms with Gasteiger partial charge in [0.2, 0.25) is 11.8 Å². The molecule has 4 nitrogen and oxygen atoms in total. The predicted octanol–water partition coefficient (Wildman–Crippen LogP) is 3.30. The summed E-state index contributed by atoms with van der Waals surface area (Å²) in [7, 11) is 0. The Kier molecular flexibility index (Phi) is 4.69. The quantitative estimate of drug-likeness (QED) is 0.930. The van der Waals surface area contributed by atoms with Crippen LogP contribution in [0.2, 0.25) is 0 Å². The van der Waals surface area contributed by atoms with Crippen LogP contribution in [-0.2, 0) is 9.59 Å². The van der Waals surface area contributed by atoms with Crippen molar-refractivity contribution in [3.8, 4) is 0 Å². The second kappa shape index (κ2) is 6.73. The number of hydrogen-bond acceptors (Lipinski definition) is 2. The Morgan fingerprint density at radius 2 is 1.91 bits per heavy atom. The van der Waals surface area contributed by atoms with Gasteiger partial charge in [-0.2, -0.15) is 0 Å². The number of likely N-dealkylation sites (tertiary alicyclic amines) is 1. The molecule has 0 unspecified atom stereocenters. The maximum Gasteiger partial charge on any atom is 0.229 e. The Hall–Kier alpha value is -1.84. The van der Waals surface area contributed by atoms with E-state index in [9.17, 15) is 9.59 Å². The molecular weight excluding hydrogens is 288 g/mol. The molecule has 1 aliphatic heterocycles. The zero-order valence-electron chi connectivity index (χ0n) is 14.0. The molecule has 4 atom stereocenters. The average molecular weight is 314 g/mol. The standard InChI is InChI=1S/C19H26N2O2/c1-13-7-6-10-17(14(13)2)21-12-15(11-18(21)22)19(23)20-16-8-4-3-5-9-16/h3-5,8-9,13-15,17H,6-7,10-12H2,1-2H3,(H,20,23)/t13-,14-,15-,17-/m1/s1. The SMILES string of the molecule is C[C@@H]1[C@H](C)CCC[C@H]1N1C[C@H](C(=O)Nc2ccccc2)CC1=O. The van der Waals surface area contributed by atoms with Crippen LogP contribution in [-0.4, -0.2) is 29.3 Å². The summed E-state index contributed by atoms with van der Waals surface area (Å²) in [5.74, 6) is 1.04. The number of para-hydroxylation sites is 1. The number of amides is 2. The van der Waals surface area contributed by atoms with E-state index in [1.165, 1.54) is 12.8 Å². The van der Waals surface area contributed by atoms with E-state index >= 15 is 0 Å². The molecule has 2 fully saturated rings. The Morgan fingerprint density at radius 1 is 1.17 bits per heavy atom. The molecule has 1 N–H and O–H groups in total. The Morgan fingerprint density at radius 3 is 2.65 bits per heavy atom. The van der Waals surface area contributed by atoms with Crippen molar-refractivity contribution >= 4 is 17.5 Å². The molecule has 23 heavy (non-hydrogen) atoms. The number of benzene rings is 1. The van der Waals surface area contributed by atoms with Crippen LogP contribution in [0.25, 0.3) is 0 Å². The lowest BCUT2D eigenvalue weighted by molar-refractivity contribution is -0.131. The van der Waals surface area contributed by atoms with Crippen LogP contribution < -0.4 is 5.32 Å². The molecule has 1 heterocycles. The smallest absolute Gasteiger partial charge is 0.229 e. The van der Waals surface area contributed by atoms with E-state index in [0.717, 1.165) is 12.1 Å².